The van der Waals surface area contributed by atoms with Crippen molar-refractivity contribution in [2.24, 2.45) is 0 Å². The average molecular weight is 413 g/mol. The number of ether oxygens (including phenoxy) is 1. The van der Waals surface area contributed by atoms with Crippen LogP contribution >= 0.6 is 12.2 Å². The van der Waals surface area contributed by atoms with E-state index in [0.29, 0.717) is 0 Å². The predicted octanol–water partition coefficient (Wildman–Crippen LogP) is 5.43. The van der Waals surface area contributed by atoms with Gasteiger partial charge in [0.05, 0.1) is 12.8 Å². The molecule has 1 aromatic heterocycles. The second-order valence-electron chi connectivity index (χ2n) is 7.74. The monoisotopic (exact) mass is 412 g/mol. The second-order valence-corrected chi connectivity index (χ2v) is 8.13. The normalized spacial score (nSPS) is 13.5. The summed E-state index contributed by atoms with van der Waals surface area (Å²) < 4.78 is 7.71. The van der Waals surface area contributed by atoms with E-state index in [4.69, 9.17) is 17.0 Å². The lowest BCUT2D eigenvalue weighted by Gasteiger charge is -2.31. The average Bonchev–Trinajstić information content (AvgIpc) is 3.11. The first-order valence-corrected chi connectivity index (χ1v) is 10.7. The second kappa shape index (κ2) is 7.96. The van der Waals surface area contributed by atoms with Gasteiger partial charge in [-0.2, -0.15) is 0 Å². The quantitative estimate of drug-likeness (QED) is 0.407. The molecule has 1 aliphatic rings. The Balaban J connectivity index is 1.55. The van der Waals surface area contributed by atoms with Crippen LogP contribution in [0.2, 0.25) is 0 Å². The minimum atomic E-state index is 0.791. The number of aromatic nitrogens is 1. The lowest BCUT2D eigenvalue weighted by atomic mass is 10.0. The lowest BCUT2D eigenvalue weighted by molar-refractivity contribution is 0.412. The van der Waals surface area contributed by atoms with Crippen molar-refractivity contribution in [2.45, 2.75) is 19.5 Å². The maximum absolute atomic E-state index is 6.05. The van der Waals surface area contributed by atoms with Crippen molar-refractivity contribution in [3.63, 3.8) is 0 Å². The molecule has 0 N–H and O–H groups in total. The highest BCUT2D eigenvalue weighted by atomic mass is 32.1. The zero-order valence-corrected chi connectivity index (χ0v) is 17.9. The van der Waals surface area contributed by atoms with Gasteiger partial charge in [-0.25, -0.2) is 0 Å². The maximum Gasteiger partial charge on any atom is 0.126 e. The topological polar surface area (TPSA) is 17.4 Å². The van der Waals surface area contributed by atoms with E-state index in [0.717, 1.165) is 36.8 Å². The predicted molar refractivity (Wildman–Crippen MR) is 126 cm³/mol. The summed E-state index contributed by atoms with van der Waals surface area (Å²) in [6.45, 7) is 2.60. The number of methoxy groups -OCH3 is 1. The van der Waals surface area contributed by atoms with Crippen molar-refractivity contribution in [3.05, 3.63) is 101 Å². The Morgan fingerprint density at radius 1 is 0.833 bits per heavy atom. The van der Waals surface area contributed by atoms with Gasteiger partial charge in [-0.05, 0) is 41.3 Å². The van der Waals surface area contributed by atoms with Gasteiger partial charge in [0.2, 0.25) is 0 Å². The van der Waals surface area contributed by atoms with Crippen molar-refractivity contribution in [1.29, 1.82) is 0 Å². The molecular formula is C26H24N2OS. The van der Waals surface area contributed by atoms with Gasteiger partial charge in [0, 0.05) is 30.5 Å². The Kier molecular flexibility index (Phi) is 5.01. The molecule has 5 rings (SSSR count). The van der Waals surface area contributed by atoms with Gasteiger partial charge in [0.25, 0.3) is 0 Å². The van der Waals surface area contributed by atoms with Gasteiger partial charge in [0.15, 0.2) is 0 Å². The van der Waals surface area contributed by atoms with Crippen LogP contribution in [0.5, 0.6) is 5.75 Å². The van der Waals surface area contributed by atoms with E-state index in [1.807, 2.05) is 12.1 Å². The first-order chi connectivity index (χ1) is 14.7. The fourth-order valence-corrected chi connectivity index (χ4v) is 4.79. The van der Waals surface area contributed by atoms with Gasteiger partial charge in [0.1, 0.15) is 10.7 Å². The molecule has 30 heavy (non-hydrogen) atoms. The van der Waals surface area contributed by atoms with E-state index in [9.17, 15) is 0 Å². The minimum Gasteiger partial charge on any atom is -0.497 e. The number of benzene rings is 3. The summed E-state index contributed by atoms with van der Waals surface area (Å²) in [5.74, 6) is 0.878. The molecule has 0 radical (unpaired) electrons. The first kappa shape index (κ1) is 18.9. The van der Waals surface area contributed by atoms with Crippen molar-refractivity contribution in [3.8, 4) is 5.75 Å². The third kappa shape index (κ3) is 3.37. The van der Waals surface area contributed by atoms with Gasteiger partial charge >= 0.3 is 0 Å². The zero-order chi connectivity index (χ0) is 20.5. The molecule has 2 heterocycles. The summed E-state index contributed by atoms with van der Waals surface area (Å²) in [4.78, 5) is 3.29. The van der Waals surface area contributed by atoms with Crippen LogP contribution in [0.15, 0.2) is 78.9 Å². The van der Waals surface area contributed by atoms with E-state index in [1.54, 1.807) is 7.11 Å². The maximum atomic E-state index is 6.05. The molecule has 0 amide bonds. The van der Waals surface area contributed by atoms with Crippen molar-refractivity contribution in [1.82, 2.24) is 9.47 Å². The van der Waals surface area contributed by atoms with Crippen LogP contribution in [0, 0.1) is 0 Å². The summed E-state index contributed by atoms with van der Waals surface area (Å²) in [6.07, 6.45) is 1.01. The number of hydrogen-bond acceptors (Lipinski definition) is 2. The van der Waals surface area contributed by atoms with Gasteiger partial charge in [-0.1, -0.05) is 72.9 Å². The van der Waals surface area contributed by atoms with E-state index < -0.39 is 0 Å². The van der Waals surface area contributed by atoms with Gasteiger partial charge < -0.3 is 14.2 Å². The summed E-state index contributed by atoms with van der Waals surface area (Å²) in [5.41, 5.74) is 6.36. The molecule has 4 aromatic rings. The van der Waals surface area contributed by atoms with Crippen molar-refractivity contribution in [2.75, 3.05) is 13.7 Å². The smallest absolute Gasteiger partial charge is 0.126 e. The molecule has 3 nitrogen and oxygen atoms in total. The fraction of sp³-hybridized carbons (Fsp3) is 0.192. The molecule has 0 atom stereocenters. The van der Waals surface area contributed by atoms with E-state index in [-0.39, 0.29) is 0 Å². The Morgan fingerprint density at radius 2 is 1.53 bits per heavy atom. The number of rotatable bonds is 5. The van der Waals surface area contributed by atoms with Gasteiger partial charge in [-0.3, -0.25) is 0 Å². The first-order valence-electron chi connectivity index (χ1n) is 10.3. The highest BCUT2D eigenvalue weighted by Gasteiger charge is 2.28. The van der Waals surface area contributed by atoms with Crippen LogP contribution in [-0.2, 0) is 19.5 Å². The van der Waals surface area contributed by atoms with Crippen molar-refractivity contribution < 1.29 is 4.74 Å². The number of para-hydroxylation sites is 1. The van der Waals surface area contributed by atoms with E-state index in [1.165, 1.54) is 33.3 Å². The molecule has 4 heteroatoms. The Morgan fingerprint density at radius 3 is 2.30 bits per heavy atom. The van der Waals surface area contributed by atoms with Crippen LogP contribution < -0.4 is 4.74 Å². The molecule has 1 aliphatic heterocycles. The molecule has 0 spiro atoms. The summed E-state index contributed by atoms with van der Waals surface area (Å²) in [7, 11) is 1.70. The van der Waals surface area contributed by atoms with E-state index >= 15 is 0 Å². The molecule has 0 fully saturated rings. The molecule has 150 valence electrons. The molecular weight excluding hydrogens is 388 g/mol. The number of thiocarbonyl (C=S) groups is 1. The van der Waals surface area contributed by atoms with Crippen LogP contribution in [0.4, 0.5) is 0 Å². The summed E-state index contributed by atoms with van der Waals surface area (Å²) in [6, 6.07) is 27.6. The largest absolute Gasteiger partial charge is 0.497 e. The number of hydrogen-bond donors (Lipinski definition) is 0. The molecule has 0 saturated carbocycles. The lowest BCUT2D eigenvalue weighted by Crippen LogP contribution is -2.37. The third-order valence-corrected chi connectivity index (χ3v) is 6.36. The Labute approximate surface area is 182 Å². The zero-order valence-electron chi connectivity index (χ0n) is 17.0. The van der Waals surface area contributed by atoms with E-state index in [2.05, 4.69) is 76.2 Å². The number of fused-ring (bicyclic) bond motifs is 3. The van der Waals surface area contributed by atoms with Crippen LogP contribution in [0.25, 0.3) is 10.9 Å². The third-order valence-electron chi connectivity index (χ3n) is 5.91. The van der Waals surface area contributed by atoms with Crippen LogP contribution in [0.1, 0.15) is 22.4 Å². The van der Waals surface area contributed by atoms with Crippen LogP contribution in [-0.4, -0.2) is 28.1 Å². The summed E-state index contributed by atoms with van der Waals surface area (Å²) in [5, 5.41) is 1.32. The highest BCUT2D eigenvalue weighted by molar-refractivity contribution is 7.80. The number of nitrogens with zero attached hydrogens (tertiary/aromatic N) is 2. The Hall–Kier alpha value is -3.11. The Bertz CT molecular complexity index is 1200. The van der Waals surface area contributed by atoms with Crippen molar-refractivity contribution >= 4 is 28.1 Å². The van der Waals surface area contributed by atoms with Crippen LogP contribution in [0.3, 0.4) is 0 Å². The molecule has 3 aromatic carbocycles. The SMILES string of the molecule is COc1ccc(Cn2c3c(c4ccccc42)CCN(Cc2ccccc2)C3=S)cc1. The van der Waals surface area contributed by atoms with Gasteiger partial charge in [-0.15, -0.1) is 0 Å². The standard InChI is InChI=1S/C26H24N2OS/c1-29-21-13-11-20(12-14-21)18-28-24-10-6-5-9-22(24)23-15-16-27(26(30)25(23)28)17-19-7-3-2-4-8-19/h2-14H,15-18H2,1H3. The molecule has 0 saturated heterocycles. The minimum absolute atomic E-state index is 0.791. The highest BCUT2D eigenvalue weighted by Crippen LogP contribution is 2.32. The molecule has 0 bridgehead atoms. The molecule has 0 unspecified atom stereocenters. The molecule has 0 aliphatic carbocycles. The fourth-order valence-electron chi connectivity index (χ4n) is 4.40. The summed E-state index contributed by atoms with van der Waals surface area (Å²) >= 11 is 6.05.